The molecule has 2 rings (SSSR count). The lowest BCUT2D eigenvalue weighted by Gasteiger charge is -2.10. The lowest BCUT2D eigenvalue weighted by molar-refractivity contribution is 0.0996. The van der Waals surface area contributed by atoms with Crippen LogP contribution in [0.1, 0.15) is 22.8 Å². The average Bonchev–Trinajstić information content (AvgIpc) is 3.04. The van der Waals surface area contributed by atoms with Crippen LogP contribution < -0.4 is 21.1 Å². The van der Waals surface area contributed by atoms with Gasteiger partial charge in [-0.2, -0.15) is 4.37 Å². The predicted octanol–water partition coefficient (Wildman–Crippen LogP) is 2.50. The van der Waals surface area contributed by atoms with Gasteiger partial charge in [0.15, 0.2) is 0 Å². The minimum absolute atomic E-state index is 0.0272. The molecule has 1 atom stereocenters. The molecule has 0 aliphatic carbocycles. The first kappa shape index (κ1) is 21.8. The van der Waals surface area contributed by atoms with Crippen molar-refractivity contribution in [1.82, 2.24) is 9.69 Å². The first-order chi connectivity index (χ1) is 13.2. The maximum Gasteiger partial charge on any atom is 0.319 e. The molecule has 0 bridgehead atoms. The maximum atomic E-state index is 13.8. The molecule has 1 unspecified atom stereocenters. The molecule has 2 aromatic rings. The predicted molar refractivity (Wildman–Crippen MR) is 99.6 cm³/mol. The summed E-state index contributed by atoms with van der Waals surface area (Å²) in [6, 6.07) is 1.03. The van der Waals surface area contributed by atoms with Gasteiger partial charge in [-0.25, -0.2) is 13.6 Å². The number of benzene rings is 1. The number of nitrogens with two attached hydrogens (primary N) is 1. The summed E-state index contributed by atoms with van der Waals surface area (Å²) >= 11 is 6.22. The first-order valence-corrected chi connectivity index (χ1v) is 9.09. The molecule has 0 aliphatic rings. The van der Waals surface area contributed by atoms with Crippen molar-refractivity contribution in [2.45, 2.75) is 13.5 Å². The number of hydrogen-bond acceptors (Lipinski definition) is 6. The molecule has 8 nitrogen and oxygen atoms in total. The molecule has 1 heterocycles. The van der Waals surface area contributed by atoms with Crippen molar-refractivity contribution in [1.29, 1.82) is 0 Å². The van der Waals surface area contributed by atoms with Crippen molar-refractivity contribution in [2.75, 3.05) is 18.5 Å². The van der Waals surface area contributed by atoms with Crippen molar-refractivity contribution in [3.05, 3.63) is 39.9 Å². The van der Waals surface area contributed by atoms with Gasteiger partial charge >= 0.3 is 6.03 Å². The number of rotatable bonds is 8. The lowest BCUT2D eigenvalue weighted by atomic mass is 10.2. The van der Waals surface area contributed by atoms with E-state index >= 15 is 0 Å². The second-order valence-electron chi connectivity index (χ2n) is 5.83. The van der Waals surface area contributed by atoms with Gasteiger partial charge < -0.3 is 20.9 Å². The molecule has 1 aromatic heterocycles. The van der Waals surface area contributed by atoms with E-state index in [9.17, 15) is 18.4 Å². The third-order valence-corrected chi connectivity index (χ3v) is 4.55. The molecule has 1 aromatic carbocycles. The Hall–Kier alpha value is -2.50. The number of primary amides is 1. The van der Waals surface area contributed by atoms with Crippen molar-refractivity contribution in [3.63, 3.8) is 0 Å². The van der Waals surface area contributed by atoms with E-state index in [1.807, 2.05) is 0 Å². The Morgan fingerprint density at radius 1 is 1.39 bits per heavy atom. The smallest absolute Gasteiger partial charge is 0.319 e. The maximum absolute atomic E-state index is 13.8. The fourth-order valence-corrected chi connectivity index (χ4v) is 2.86. The zero-order valence-electron chi connectivity index (χ0n) is 14.6. The van der Waals surface area contributed by atoms with Crippen molar-refractivity contribution in [3.8, 4) is 5.88 Å². The number of aliphatic hydroxyl groups is 1. The van der Waals surface area contributed by atoms with Gasteiger partial charge in [-0.1, -0.05) is 18.5 Å². The van der Waals surface area contributed by atoms with E-state index in [0.717, 1.165) is 23.7 Å². The summed E-state index contributed by atoms with van der Waals surface area (Å²) in [4.78, 5) is 23.6. The summed E-state index contributed by atoms with van der Waals surface area (Å²) < 4.78 is 36.5. The van der Waals surface area contributed by atoms with E-state index in [2.05, 4.69) is 15.0 Å². The summed E-state index contributed by atoms with van der Waals surface area (Å²) in [5.74, 6) is -2.93. The number of carbonyl (C=O) groups excluding carboxylic acids is 2. The number of hydrogen-bond donors (Lipinski definition) is 4. The number of carbonyl (C=O) groups is 2. The Morgan fingerprint density at radius 3 is 2.75 bits per heavy atom. The molecule has 152 valence electrons. The van der Waals surface area contributed by atoms with Gasteiger partial charge in [-0.15, -0.1) is 0 Å². The zero-order valence-corrected chi connectivity index (χ0v) is 16.2. The molecule has 12 heteroatoms. The highest BCUT2D eigenvalue weighted by molar-refractivity contribution is 7.11. The number of ether oxygens (including phenoxy) is 1. The number of nitrogens with one attached hydrogen (secondary N) is 2. The van der Waals surface area contributed by atoms with E-state index < -0.39 is 30.2 Å². The number of halogens is 3. The number of amides is 3. The van der Waals surface area contributed by atoms with E-state index in [1.54, 1.807) is 6.92 Å². The highest BCUT2D eigenvalue weighted by Gasteiger charge is 2.22. The third kappa shape index (κ3) is 5.50. The minimum Gasteiger partial charge on any atom is -0.471 e. The second-order valence-corrected chi connectivity index (χ2v) is 7.01. The van der Waals surface area contributed by atoms with Crippen LogP contribution in [0, 0.1) is 17.6 Å². The Kier molecular flexibility index (Phi) is 7.49. The third-order valence-electron chi connectivity index (χ3n) is 3.51. The Bertz CT molecular complexity index is 881. The second kappa shape index (κ2) is 9.62. The monoisotopic (exact) mass is 434 g/mol. The molecule has 0 spiro atoms. The van der Waals surface area contributed by atoms with E-state index in [1.165, 1.54) is 0 Å². The topological polar surface area (TPSA) is 127 Å². The van der Waals surface area contributed by atoms with Crippen LogP contribution in [0.3, 0.4) is 0 Å². The first-order valence-electron chi connectivity index (χ1n) is 7.94. The van der Waals surface area contributed by atoms with Crippen LogP contribution in [0.25, 0.3) is 0 Å². The molecule has 5 N–H and O–H groups in total. The van der Waals surface area contributed by atoms with Crippen LogP contribution in [-0.2, 0) is 6.61 Å². The number of aliphatic hydroxyl groups excluding tert-OH is 1. The molecule has 0 radical (unpaired) electrons. The van der Waals surface area contributed by atoms with Gasteiger partial charge in [0.05, 0.1) is 5.02 Å². The molecule has 3 amide bonds. The molecule has 28 heavy (non-hydrogen) atoms. The van der Waals surface area contributed by atoms with Crippen molar-refractivity contribution < 1.29 is 28.2 Å². The standard InChI is InChI=1S/C16H17ClF2N4O4S/c1-7(5-24)4-21-16(26)22-15-12(13(20)25)14(23-28-15)27-6-8-2-11(19)9(17)3-10(8)18/h2-3,7,24H,4-6H2,1H3,(H2,20,25)(H2,21,22,26). The van der Waals surface area contributed by atoms with Crippen LogP contribution in [0.4, 0.5) is 18.6 Å². The Balaban J connectivity index is 2.11. The summed E-state index contributed by atoms with van der Waals surface area (Å²) in [5.41, 5.74) is 4.97. The SMILES string of the molecule is CC(CO)CNC(=O)Nc1snc(OCc2cc(F)c(Cl)cc2F)c1C(N)=O. The van der Waals surface area contributed by atoms with Crippen molar-refractivity contribution in [2.24, 2.45) is 11.7 Å². The molecular weight excluding hydrogens is 418 g/mol. The average molecular weight is 435 g/mol. The zero-order chi connectivity index (χ0) is 20.8. The largest absolute Gasteiger partial charge is 0.471 e. The van der Waals surface area contributed by atoms with Gasteiger partial charge in [-0.3, -0.25) is 10.1 Å². The van der Waals surface area contributed by atoms with Crippen LogP contribution in [-0.4, -0.2) is 34.6 Å². The van der Waals surface area contributed by atoms with Crippen LogP contribution in [0.2, 0.25) is 5.02 Å². The molecule has 0 aliphatic heterocycles. The van der Waals surface area contributed by atoms with E-state index in [-0.39, 0.29) is 46.1 Å². The van der Waals surface area contributed by atoms with Gasteiger partial charge in [0.1, 0.15) is 28.8 Å². The lowest BCUT2D eigenvalue weighted by Crippen LogP contribution is -2.33. The number of anilines is 1. The molecular formula is C16H17ClF2N4O4S. The molecule has 0 saturated carbocycles. The van der Waals surface area contributed by atoms with Crippen LogP contribution in [0.5, 0.6) is 5.88 Å². The summed E-state index contributed by atoms with van der Waals surface area (Å²) in [6.07, 6.45) is 0. The fraction of sp³-hybridized carbons (Fsp3) is 0.312. The highest BCUT2D eigenvalue weighted by Crippen LogP contribution is 2.31. The minimum atomic E-state index is -0.925. The van der Waals surface area contributed by atoms with Crippen LogP contribution in [0.15, 0.2) is 12.1 Å². The van der Waals surface area contributed by atoms with E-state index in [4.69, 9.17) is 27.2 Å². The Labute approximate surface area is 167 Å². The van der Waals surface area contributed by atoms with E-state index in [0.29, 0.717) is 0 Å². The number of aromatic nitrogens is 1. The van der Waals surface area contributed by atoms with Crippen LogP contribution >= 0.6 is 23.1 Å². The summed E-state index contributed by atoms with van der Waals surface area (Å²) in [6.45, 7) is 1.39. The highest BCUT2D eigenvalue weighted by atomic mass is 35.5. The Morgan fingerprint density at radius 2 is 2.11 bits per heavy atom. The number of nitrogens with zero attached hydrogens (tertiary/aromatic N) is 1. The van der Waals surface area contributed by atoms with Gasteiger partial charge in [0.25, 0.3) is 5.91 Å². The summed E-state index contributed by atoms with van der Waals surface area (Å²) in [5, 5.41) is 13.5. The summed E-state index contributed by atoms with van der Waals surface area (Å²) in [7, 11) is 0. The van der Waals surface area contributed by atoms with Gasteiger partial charge in [0, 0.05) is 18.7 Å². The van der Waals surface area contributed by atoms with Gasteiger partial charge in [-0.05, 0) is 29.6 Å². The normalized spacial score (nSPS) is 11.8. The molecule has 0 fully saturated rings. The van der Waals surface area contributed by atoms with Crippen molar-refractivity contribution >= 4 is 40.1 Å². The number of urea groups is 1. The fourth-order valence-electron chi connectivity index (χ4n) is 1.98. The van der Waals surface area contributed by atoms with Gasteiger partial charge in [0.2, 0.25) is 5.88 Å². The molecule has 0 saturated heterocycles. The quantitative estimate of drug-likeness (QED) is 0.475.